The number of carboxylic acid groups (broad SMARTS) is 1. The minimum atomic E-state index is -0.682. The summed E-state index contributed by atoms with van der Waals surface area (Å²) in [4.78, 5) is 33.3. The van der Waals surface area contributed by atoms with E-state index in [1.165, 1.54) is 305 Å². The first-order valence-corrected chi connectivity index (χ1v) is 41.4. The second kappa shape index (κ2) is 102. The highest BCUT2D eigenvalue weighted by atomic mass is 16.5. The largest absolute Gasteiger partial charge is 0.481 e. The molecule has 8 heteroatoms. The van der Waals surface area contributed by atoms with Gasteiger partial charge in [0.15, 0.2) is 0 Å². The normalized spacial score (nSPS) is 11.3. The molecule has 0 unspecified atom stereocenters. The lowest BCUT2D eigenvalue weighted by molar-refractivity contribution is -0.144. The first-order valence-electron chi connectivity index (χ1n) is 41.4. The number of esters is 2. The molecule has 3 N–H and O–H groups in total. The molecule has 0 aromatic rings. The summed E-state index contributed by atoms with van der Waals surface area (Å²) in [6.07, 6.45) is 81.8. The van der Waals surface area contributed by atoms with Crippen LogP contribution in [0.1, 0.15) is 484 Å². The number of carbonyl (C=O) groups is 3. The van der Waals surface area contributed by atoms with Gasteiger partial charge in [-0.1, -0.05) is 363 Å². The van der Waals surface area contributed by atoms with Gasteiger partial charge in [-0.15, -0.1) is 0 Å². The van der Waals surface area contributed by atoms with Crippen LogP contribution < -0.4 is 0 Å². The number of rotatable bonds is 66. The van der Waals surface area contributed by atoms with Crippen molar-refractivity contribution >= 4 is 17.9 Å². The van der Waals surface area contributed by atoms with Gasteiger partial charge < -0.3 is 24.8 Å². The van der Waals surface area contributed by atoms with Crippen LogP contribution in [0.15, 0.2) is 46.6 Å². The Kier molecular flexibility index (Phi) is 116. The monoisotopic (exact) mass is 1380 g/mol. The van der Waals surface area contributed by atoms with Crippen molar-refractivity contribution in [1.82, 2.24) is 0 Å². The van der Waals surface area contributed by atoms with Crippen LogP contribution >= 0.6 is 0 Å². The molecule has 0 rings (SSSR count). The molecule has 97 heavy (non-hydrogen) atoms. The molecule has 0 amide bonds. The van der Waals surface area contributed by atoms with E-state index in [0.717, 1.165) is 83.5 Å². The predicted octanol–water partition coefficient (Wildman–Crippen LogP) is 30.3. The zero-order valence-electron chi connectivity index (χ0n) is 65.4. The van der Waals surface area contributed by atoms with Crippen molar-refractivity contribution in [1.29, 1.82) is 0 Å². The highest BCUT2D eigenvalue weighted by Crippen LogP contribution is 2.21. The fourth-order valence-corrected chi connectivity index (χ4v) is 11.2. The van der Waals surface area contributed by atoms with E-state index in [0.29, 0.717) is 45.7 Å². The van der Waals surface area contributed by atoms with Crippen LogP contribution in [0.2, 0.25) is 0 Å². The van der Waals surface area contributed by atoms with Gasteiger partial charge in [0.25, 0.3) is 0 Å². The standard InChI is InChI=1S/2C23H44O2.2C17H34O.C6H12O2.3CH4/c2*1-4-7-10-12-13-16-18-22(17-15-11-8-5-2)20-21-25-23(24)19-14-9-6-3;2*1-3-5-7-9-10-12-14-17(15-16-18)13-11-8-6-4-2;1-2-3-4-5-6(7)8;;;/h18H,4-17,19-21H2,1-3H3;17H,4-16,18-21H2,1-3H3;2*13,18H,3-12,14-16H2,1-2H3;2-5H2,1H3,(H,7,8);3*1H4/b22-18+;22-17+;2*17-13+;;;;. The molecular weight excluding hydrogens is 1200 g/mol. The molecule has 0 heterocycles. The number of ether oxygens (including phenoxy) is 2. The Morgan fingerprint density at radius 2 is 0.423 bits per heavy atom. The van der Waals surface area contributed by atoms with Gasteiger partial charge in [0.1, 0.15) is 0 Å². The number of aliphatic carboxylic acids is 1. The number of aliphatic hydroxyl groups excluding tert-OH is 2. The molecule has 0 fully saturated rings. The lowest BCUT2D eigenvalue weighted by atomic mass is 10.0. The highest BCUT2D eigenvalue weighted by Gasteiger charge is 2.07. The van der Waals surface area contributed by atoms with E-state index < -0.39 is 5.97 Å². The lowest BCUT2D eigenvalue weighted by Crippen LogP contribution is -2.06. The Hall–Kier alpha value is -2.71. The van der Waals surface area contributed by atoms with Crippen LogP contribution in [-0.2, 0) is 23.9 Å². The van der Waals surface area contributed by atoms with Crippen molar-refractivity contribution < 1.29 is 39.2 Å². The molecule has 0 bridgehead atoms. The Bertz CT molecular complexity index is 1550. The molecule has 0 spiro atoms. The van der Waals surface area contributed by atoms with Crippen molar-refractivity contribution in [2.45, 2.75) is 484 Å². The summed E-state index contributed by atoms with van der Waals surface area (Å²) in [6, 6.07) is 0. The topological polar surface area (TPSA) is 130 Å². The summed E-state index contributed by atoms with van der Waals surface area (Å²) in [5.74, 6) is -0.713. The van der Waals surface area contributed by atoms with E-state index in [9.17, 15) is 14.4 Å². The molecule has 0 radical (unpaired) electrons. The van der Waals surface area contributed by atoms with Gasteiger partial charge in [0, 0.05) is 45.3 Å². The van der Waals surface area contributed by atoms with Gasteiger partial charge in [0.2, 0.25) is 0 Å². The van der Waals surface area contributed by atoms with Crippen LogP contribution in [-0.4, -0.2) is 59.7 Å². The number of carboxylic acids is 1. The van der Waals surface area contributed by atoms with Gasteiger partial charge in [-0.2, -0.15) is 0 Å². The number of hydrogen-bond donors (Lipinski definition) is 3. The number of unbranched alkanes of at least 4 members (excludes halogenated alkanes) is 38. The maximum atomic E-state index is 11.7. The summed E-state index contributed by atoms with van der Waals surface area (Å²) >= 11 is 0. The zero-order valence-corrected chi connectivity index (χ0v) is 65.4. The van der Waals surface area contributed by atoms with Crippen LogP contribution in [0.5, 0.6) is 0 Å². The maximum absolute atomic E-state index is 11.7. The first-order chi connectivity index (χ1) is 45.9. The quantitative estimate of drug-likeness (QED) is 0.0312. The van der Waals surface area contributed by atoms with E-state index in [1.807, 2.05) is 0 Å². The van der Waals surface area contributed by atoms with Gasteiger partial charge in [-0.25, -0.2) is 0 Å². The number of allylic oxidation sites excluding steroid dienone is 4. The minimum Gasteiger partial charge on any atom is -0.481 e. The molecule has 0 saturated heterocycles. The number of carbonyl (C=O) groups excluding carboxylic acids is 2. The lowest BCUT2D eigenvalue weighted by Gasteiger charge is -2.09. The summed E-state index contributed by atoms with van der Waals surface area (Å²) in [5, 5.41) is 26.3. The van der Waals surface area contributed by atoms with Crippen molar-refractivity contribution in [3.05, 3.63) is 46.6 Å². The molecule has 0 aliphatic heterocycles. The third-order valence-corrected chi connectivity index (χ3v) is 17.6. The summed E-state index contributed by atoms with van der Waals surface area (Å²) in [6.45, 7) is 26.2. The van der Waals surface area contributed by atoms with Crippen LogP contribution in [0.25, 0.3) is 0 Å². The van der Waals surface area contributed by atoms with E-state index in [1.54, 1.807) is 0 Å². The molecule has 0 saturated carbocycles. The van der Waals surface area contributed by atoms with Crippen LogP contribution in [0.3, 0.4) is 0 Å². The molecule has 0 aromatic heterocycles. The van der Waals surface area contributed by atoms with Gasteiger partial charge >= 0.3 is 17.9 Å². The average molecular weight is 1380 g/mol. The minimum absolute atomic E-state index is 0. The second-order valence-electron chi connectivity index (χ2n) is 27.2. The van der Waals surface area contributed by atoms with E-state index >= 15 is 0 Å². The fraction of sp³-hybridized carbons (Fsp3) is 0.876. The SMILES string of the molecule is C.C.C.CCCCC/C=C(/CCO)CCCCCCCC.CCCCC/C=C(/CCO)CCCCCCCC.CCCCC/C=C(\CCCCCCCC)CCOC(=O)CCCCC.CCCCCC(=O)O.CCCCCCC/C=C(\CCCCCC)CCOC(=O)CCCCC. The molecule has 0 atom stereocenters. The number of aliphatic hydroxyl groups is 2. The van der Waals surface area contributed by atoms with Crippen molar-refractivity contribution in [2.24, 2.45) is 0 Å². The van der Waals surface area contributed by atoms with E-state index in [2.05, 4.69) is 100 Å². The summed E-state index contributed by atoms with van der Waals surface area (Å²) in [5.41, 5.74) is 5.99. The molecule has 0 aromatic carbocycles. The Morgan fingerprint density at radius 1 is 0.237 bits per heavy atom. The molecule has 584 valence electrons. The van der Waals surface area contributed by atoms with Crippen molar-refractivity contribution in [3.8, 4) is 0 Å². The molecule has 8 nitrogen and oxygen atoms in total. The fourth-order valence-electron chi connectivity index (χ4n) is 11.2. The molecular formula is C89H180O8. The van der Waals surface area contributed by atoms with Gasteiger partial charge in [-0.3, -0.25) is 14.4 Å². The first kappa shape index (κ1) is 110. The third kappa shape index (κ3) is 104. The van der Waals surface area contributed by atoms with Crippen molar-refractivity contribution in [2.75, 3.05) is 26.4 Å². The Labute approximate surface area is 610 Å². The van der Waals surface area contributed by atoms with Gasteiger partial charge in [-0.05, 0) is 135 Å². The zero-order chi connectivity index (χ0) is 70.5. The smallest absolute Gasteiger partial charge is 0.305 e. The third-order valence-electron chi connectivity index (χ3n) is 17.6. The van der Waals surface area contributed by atoms with Crippen molar-refractivity contribution in [3.63, 3.8) is 0 Å². The predicted molar refractivity (Wildman–Crippen MR) is 436 cm³/mol. The summed E-state index contributed by atoms with van der Waals surface area (Å²) < 4.78 is 10.9. The Morgan fingerprint density at radius 3 is 0.680 bits per heavy atom. The summed E-state index contributed by atoms with van der Waals surface area (Å²) in [7, 11) is 0. The molecule has 0 aliphatic carbocycles. The maximum Gasteiger partial charge on any atom is 0.305 e. The number of hydrogen-bond acceptors (Lipinski definition) is 7. The van der Waals surface area contributed by atoms with Gasteiger partial charge in [0.05, 0.1) is 13.2 Å². The highest BCUT2D eigenvalue weighted by molar-refractivity contribution is 5.69. The van der Waals surface area contributed by atoms with E-state index in [-0.39, 0.29) is 34.2 Å². The average Bonchev–Trinajstić information content (AvgIpc) is 3.77. The Balaban J connectivity index is -0.000000174. The van der Waals surface area contributed by atoms with Crippen LogP contribution in [0.4, 0.5) is 0 Å². The van der Waals surface area contributed by atoms with E-state index in [4.69, 9.17) is 24.8 Å². The van der Waals surface area contributed by atoms with Crippen LogP contribution in [0, 0.1) is 0 Å². The second-order valence-corrected chi connectivity index (χ2v) is 27.2. The molecule has 0 aliphatic rings.